The van der Waals surface area contributed by atoms with Gasteiger partial charge in [-0.2, -0.15) is 0 Å². The SMILES string of the molecule is C1CNC1.Cl.O=C(Cc1c(F)cc(F)cc1F)N1CCC1.O=C(O)Cc1c(F)cc(F)cc1F. The van der Waals surface area contributed by atoms with Crippen LogP contribution in [0.3, 0.4) is 0 Å². The Kier molecular flexibility index (Phi) is 11.9. The normalized spacial score (nSPS) is 13.6. The van der Waals surface area contributed by atoms with Crippen molar-refractivity contribution in [3.63, 3.8) is 0 Å². The van der Waals surface area contributed by atoms with E-state index in [1.807, 2.05) is 0 Å². The maximum atomic E-state index is 13.2. The van der Waals surface area contributed by atoms with Gasteiger partial charge >= 0.3 is 5.97 Å². The van der Waals surface area contributed by atoms with Crippen LogP contribution in [-0.4, -0.2) is 48.1 Å². The van der Waals surface area contributed by atoms with Crippen LogP contribution in [0.4, 0.5) is 26.3 Å². The van der Waals surface area contributed by atoms with Crippen LogP contribution in [0, 0.1) is 34.9 Å². The number of carbonyl (C=O) groups is 2. The lowest BCUT2D eigenvalue weighted by Gasteiger charge is -2.31. The molecule has 34 heavy (non-hydrogen) atoms. The standard InChI is InChI=1S/C11H10F3NO.C8H5F3O2.C3H7N.ClH/c12-7-4-9(13)8(10(14)5-7)6-11(16)15-2-1-3-15;9-4-1-6(10)5(3-8(12)13)7(11)2-4;1-2-4-3-1;/h4-5H,1-3,6H2;1-2H,3H2,(H,12,13);4H,1-3H2;1H. The zero-order valence-electron chi connectivity index (χ0n) is 17.9. The van der Waals surface area contributed by atoms with Crippen LogP contribution < -0.4 is 5.32 Å². The zero-order valence-corrected chi connectivity index (χ0v) is 18.7. The molecule has 0 spiro atoms. The monoisotopic (exact) mass is 512 g/mol. The predicted octanol–water partition coefficient (Wildman–Crippen LogP) is 4.01. The van der Waals surface area contributed by atoms with E-state index in [-0.39, 0.29) is 30.3 Å². The van der Waals surface area contributed by atoms with Gasteiger partial charge in [0, 0.05) is 48.5 Å². The molecule has 0 bridgehead atoms. The highest BCUT2D eigenvalue weighted by Gasteiger charge is 2.23. The molecule has 4 rings (SSSR count). The van der Waals surface area contributed by atoms with Crippen LogP contribution in [0.5, 0.6) is 0 Å². The highest BCUT2D eigenvalue weighted by atomic mass is 35.5. The fraction of sp³-hybridized carbons (Fsp3) is 0.364. The van der Waals surface area contributed by atoms with E-state index >= 15 is 0 Å². The number of carboxylic acids is 1. The Hall–Kier alpha value is -2.79. The van der Waals surface area contributed by atoms with E-state index in [9.17, 15) is 35.9 Å². The van der Waals surface area contributed by atoms with Crippen molar-refractivity contribution in [2.24, 2.45) is 0 Å². The van der Waals surface area contributed by atoms with Crippen molar-refractivity contribution in [1.29, 1.82) is 0 Å². The summed E-state index contributed by atoms with van der Waals surface area (Å²) in [5.41, 5.74) is -0.993. The van der Waals surface area contributed by atoms with Crippen LogP contribution in [0.25, 0.3) is 0 Å². The Balaban J connectivity index is 0.000000288. The van der Waals surface area contributed by atoms with Gasteiger partial charge in [-0.25, -0.2) is 26.3 Å². The first-order valence-corrected chi connectivity index (χ1v) is 10.1. The van der Waals surface area contributed by atoms with E-state index < -0.39 is 52.9 Å². The van der Waals surface area contributed by atoms with Gasteiger partial charge in [-0.3, -0.25) is 9.59 Å². The topological polar surface area (TPSA) is 69.6 Å². The summed E-state index contributed by atoms with van der Waals surface area (Å²) in [6.07, 6.45) is 1.16. The van der Waals surface area contributed by atoms with Crippen LogP contribution in [0.1, 0.15) is 24.0 Å². The summed E-state index contributed by atoms with van der Waals surface area (Å²) in [4.78, 5) is 23.1. The Morgan fingerprint density at radius 1 is 0.765 bits per heavy atom. The van der Waals surface area contributed by atoms with E-state index in [4.69, 9.17) is 5.11 Å². The largest absolute Gasteiger partial charge is 0.481 e. The molecule has 2 heterocycles. The fourth-order valence-corrected chi connectivity index (χ4v) is 2.64. The van der Waals surface area contributed by atoms with E-state index in [1.54, 1.807) is 0 Å². The van der Waals surface area contributed by atoms with E-state index in [2.05, 4.69) is 5.32 Å². The molecule has 2 aliphatic heterocycles. The minimum Gasteiger partial charge on any atom is -0.481 e. The van der Waals surface area contributed by atoms with Crippen molar-refractivity contribution in [3.8, 4) is 0 Å². The highest BCUT2D eigenvalue weighted by molar-refractivity contribution is 5.85. The van der Waals surface area contributed by atoms with Crippen LogP contribution in [0.2, 0.25) is 0 Å². The molecule has 2 N–H and O–H groups in total. The Labute approximate surface area is 198 Å². The van der Waals surface area contributed by atoms with Gasteiger partial charge in [0.2, 0.25) is 5.91 Å². The lowest BCUT2D eigenvalue weighted by atomic mass is 10.1. The number of hydrogen-bond donors (Lipinski definition) is 2. The minimum atomic E-state index is -1.37. The van der Waals surface area contributed by atoms with Gasteiger partial charge in [0.15, 0.2) is 0 Å². The number of benzene rings is 2. The van der Waals surface area contributed by atoms with Crippen LogP contribution >= 0.6 is 12.4 Å². The molecular weight excluding hydrogens is 490 g/mol. The zero-order chi connectivity index (χ0) is 24.5. The first kappa shape index (κ1) is 29.2. The summed E-state index contributed by atoms with van der Waals surface area (Å²) in [5, 5.41) is 11.4. The number of hydrogen-bond acceptors (Lipinski definition) is 3. The van der Waals surface area contributed by atoms with Crippen molar-refractivity contribution in [2.45, 2.75) is 25.7 Å². The molecule has 0 radical (unpaired) electrons. The molecule has 0 atom stereocenters. The minimum absolute atomic E-state index is 0. The second-order valence-electron chi connectivity index (χ2n) is 7.28. The number of nitrogens with zero attached hydrogens (tertiary/aromatic N) is 1. The molecule has 2 fully saturated rings. The van der Waals surface area contributed by atoms with Crippen LogP contribution in [-0.2, 0) is 22.4 Å². The molecule has 2 aromatic rings. The summed E-state index contributed by atoms with van der Waals surface area (Å²) in [7, 11) is 0. The smallest absolute Gasteiger partial charge is 0.308 e. The number of likely N-dealkylation sites (tertiary alicyclic amines) is 1. The molecule has 188 valence electrons. The quantitative estimate of drug-likeness (QED) is 0.607. The van der Waals surface area contributed by atoms with Gasteiger partial charge in [0.05, 0.1) is 12.8 Å². The third kappa shape index (κ3) is 8.86. The van der Waals surface area contributed by atoms with E-state index in [0.29, 0.717) is 37.4 Å². The number of carbonyl (C=O) groups excluding carboxylic acids is 1. The van der Waals surface area contributed by atoms with Gasteiger partial charge in [0.1, 0.15) is 34.9 Å². The number of halogens is 7. The van der Waals surface area contributed by atoms with Gasteiger partial charge in [-0.15, -0.1) is 12.4 Å². The first-order chi connectivity index (χ1) is 15.6. The van der Waals surface area contributed by atoms with Crippen molar-refractivity contribution < 1.29 is 41.0 Å². The molecule has 12 heteroatoms. The molecule has 0 saturated carbocycles. The fourth-order valence-electron chi connectivity index (χ4n) is 2.64. The predicted molar refractivity (Wildman–Crippen MR) is 114 cm³/mol. The molecule has 0 aromatic heterocycles. The number of aliphatic carboxylic acids is 1. The second kappa shape index (κ2) is 13.8. The highest BCUT2D eigenvalue weighted by Crippen LogP contribution is 2.18. The molecule has 2 aliphatic rings. The molecule has 5 nitrogen and oxygen atoms in total. The molecule has 2 aromatic carbocycles. The first-order valence-electron chi connectivity index (χ1n) is 10.1. The maximum Gasteiger partial charge on any atom is 0.308 e. The Morgan fingerprint density at radius 2 is 1.12 bits per heavy atom. The average Bonchev–Trinajstić information content (AvgIpc) is 2.58. The number of rotatable bonds is 4. The van der Waals surface area contributed by atoms with E-state index in [0.717, 1.165) is 6.42 Å². The molecule has 0 aliphatic carbocycles. The summed E-state index contributed by atoms with van der Waals surface area (Å²) in [5.74, 6) is -8.11. The molecular formula is C22H23ClF6N2O3. The van der Waals surface area contributed by atoms with E-state index in [1.165, 1.54) is 24.4 Å². The van der Waals surface area contributed by atoms with Gasteiger partial charge in [-0.05, 0) is 25.9 Å². The van der Waals surface area contributed by atoms with Crippen molar-refractivity contribution in [3.05, 3.63) is 70.3 Å². The summed E-state index contributed by atoms with van der Waals surface area (Å²) < 4.78 is 76.8. The van der Waals surface area contributed by atoms with Gasteiger partial charge in [0.25, 0.3) is 0 Å². The lowest BCUT2D eigenvalue weighted by Crippen LogP contribution is -2.43. The van der Waals surface area contributed by atoms with Crippen molar-refractivity contribution in [2.75, 3.05) is 26.2 Å². The number of carboxylic acid groups (broad SMARTS) is 1. The Bertz CT molecular complexity index is 951. The van der Waals surface area contributed by atoms with Gasteiger partial charge < -0.3 is 15.3 Å². The summed E-state index contributed by atoms with van der Waals surface area (Å²) >= 11 is 0. The molecule has 0 unspecified atom stereocenters. The molecule has 2 saturated heterocycles. The van der Waals surface area contributed by atoms with Crippen molar-refractivity contribution in [1.82, 2.24) is 10.2 Å². The average molecular weight is 513 g/mol. The summed E-state index contributed by atoms with van der Waals surface area (Å²) in [6.45, 7) is 3.76. The third-order valence-corrected chi connectivity index (χ3v) is 4.78. The maximum absolute atomic E-state index is 13.2. The Morgan fingerprint density at radius 3 is 1.38 bits per heavy atom. The second-order valence-corrected chi connectivity index (χ2v) is 7.28. The summed E-state index contributed by atoms with van der Waals surface area (Å²) in [6, 6.07) is 2.06. The van der Waals surface area contributed by atoms with Crippen LogP contribution in [0.15, 0.2) is 24.3 Å². The van der Waals surface area contributed by atoms with Gasteiger partial charge in [-0.1, -0.05) is 0 Å². The number of amides is 1. The lowest BCUT2D eigenvalue weighted by molar-refractivity contribution is -0.136. The number of nitrogens with one attached hydrogen (secondary N) is 1. The molecule has 1 amide bonds. The third-order valence-electron chi connectivity index (χ3n) is 4.78. The van der Waals surface area contributed by atoms with Crippen molar-refractivity contribution >= 4 is 24.3 Å².